The lowest BCUT2D eigenvalue weighted by atomic mass is 10.1. The number of methoxy groups -OCH3 is 1. The molecule has 0 heterocycles. The number of carbonyl (C=O) groups excluding carboxylic acids is 1. The fourth-order valence-electron chi connectivity index (χ4n) is 4.21. The third kappa shape index (κ3) is 6.60. The van der Waals surface area contributed by atoms with Crippen LogP contribution in [0.1, 0.15) is 27.0 Å². The maximum atomic E-state index is 12.8. The molecule has 0 aliphatic heterocycles. The lowest BCUT2D eigenvalue weighted by molar-refractivity contribution is 0.0954. The van der Waals surface area contributed by atoms with E-state index in [1.807, 2.05) is 54.6 Å². The zero-order chi connectivity index (χ0) is 27.7. The highest BCUT2D eigenvalue weighted by Crippen LogP contribution is 2.29. The lowest BCUT2D eigenvalue weighted by Gasteiger charge is -2.12. The Hall–Kier alpha value is -4.81. The van der Waals surface area contributed by atoms with Gasteiger partial charge in [-0.15, -0.1) is 0 Å². The van der Waals surface area contributed by atoms with Crippen LogP contribution in [-0.2, 0) is 13.2 Å². The largest absolute Gasteiger partial charge is 0.493 e. The summed E-state index contributed by atoms with van der Waals surface area (Å²) in [5, 5.41) is 6.95. The van der Waals surface area contributed by atoms with Crippen molar-refractivity contribution < 1.29 is 19.0 Å². The van der Waals surface area contributed by atoms with Crippen LogP contribution in [0.15, 0.2) is 114 Å². The normalized spacial score (nSPS) is 10.9. The molecule has 0 unspecified atom stereocenters. The van der Waals surface area contributed by atoms with Crippen LogP contribution >= 0.6 is 11.6 Å². The Bertz CT molecular complexity index is 1650. The zero-order valence-corrected chi connectivity index (χ0v) is 22.6. The molecule has 0 atom stereocenters. The second-order valence-electron chi connectivity index (χ2n) is 8.95. The van der Waals surface area contributed by atoms with E-state index in [-0.39, 0.29) is 0 Å². The van der Waals surface area contributed by atoms with Crippen LogP contribution in [0.5, 0.6) is 17.2 Å². The molecule has 0 bridgehead atoms. The van der Waals surface area contributed by atoms with Gasteiger partial charge in [0.1, 0.15) is 19.0 Å². The van der Waals surface area contributed by atoms with Gasteiger partial charge < -0.3 is 14.2 Å². The molecule has 0 saturated carbocycles. The Labute approximate surface area is 237 Å². The maximum Gasteiger partial charge on any atom is 0.271 e. The average Bonchev–Trinajstić information content (AvgIpc) is 3.00. The molecule has 5 aromatic carbocycles. The number of halogens is 1. The van der Waals surface area contributed by atoms with E-state index in [2.05, 4.69) is 28.7 Å². The van der Waals surface area contributed by atoms with Crippen molar-refractivity contribution in [2.75, 3.05) is 7.11 Å². The highest BCUT2D eigenvalue weighted by atomic mass is 35.5. The number of benzene rings is 5. The number of rotatable bonds is 10. The molecule has 6 nitrogen and oxygen atoms in total. The highest BCUT2D eigenvalue weighted by molar-refractivity contribution is 6.30. The molecule has 0 aromatic heterocycles. The lowest BCUT2D eigenvalue weighted by Crippen LogP contribution is -2.17. The van der Waals surface area contributed by atoms with Crippen LogP contribution in [0.3, 0.4) is 0 Å². The predicted octanol–water partition coefficient (Wildman–Crippen LogP) is 7.42. The molecule has 0 saturated heterocycles. The van der Waals surface area contributed by atoms with E-state index in [0.29, 0.717) is 46.6 Å². The van der Waals surface area contributed by atoms with Gasteiger partial charge in [0.25, 0.3) is 5.91 Å². The molecule has 200 valence electrons. The van der Waals surface area contributed by atoms with E-state index in [1.54, 1.807) is 36.4 Å². The second kappa shape index (κ2) is 12.8. The first-order valence-corrected chi connectivity index (χ1v) is 13.1. The Balaban J connectivity index is 1.25. The summed E-state index contributed by atoms with van der Waals surface area (Å²) in [5.41, 5.74) is 5.66. The van der Waals surface area contributed by atoms with Crippen molar-refractivity contribution in [3.8, 4) is 17.2 Å². The number of hydrogen-bond acceptors (Lipinski definition) is 5. The fourth-order valence-corrected chi connectivity index (χ4v) is 4.39. The number of amides is 1. The van der Waals surface area contributed by atoms with Crippen molar-refractivity contribution in [1.29, 1.82) is 0 Å². The molecule has 0 aliphatic carbocycles. The molecule has 5 rings (SSSR count). The van der Waals surface area contributed by atoms with E-state index in [1.165, 1.54) is 13.3 Å². The smallest absolute Gasteiger partial charge is 0.271 e. The van der Waals surface area contributed by atoms with Crippen LogP contribution in [0.25, 0.3) is 10.8 Å². The van der Waals surface area contributed by atoms with Crippen LogP contribution < -0.4 is 19.6 Å². The van der Waals surface area contributed by atoms with Crippen LogP contribution in [0.2, 0.25) is 5.02 Å². The van der Waals surface area contributed by atoms with Crippen molar-refractivity contribution in [2.45, 2.75) is 13.2 Å². The molecule has 0 fully saturated rings. The Morgan fingerprint density at radius 1 is 0.800 bits per heavy atom. The summed E-state index contributed by atoms with van der Waals surface area (Å²) in [4.78, 5) is 12.8. The first-order valence-electron chi connectivity index (χ1n) is 12.7. The summed E-state index contributed by atoms with van der Waals surface area (Å²) >= 11 is 6.23. The summed E-state index contributed by atoms with van der Waals surface area (Å²) in [6, 6.07) is 34.4. The minimum Gasteiger partial charge on any atom is -0.493 e. The van der Waals surface area contributed by atoms with Crippen LogP contribution in [0.4, 0.5) is 0 Å². The first-order chi connectivity index (χ1) is 19.6. The number of nitrogens with zero attached hydrogens (tertiary/aromatic N) is 1. The molecular formula is C33H27ClN2O4. The second-order valence-corrected chi connectivity index (χ2v) is 9.38. The number of hydrazone groups is 1. The zero-order valence-electron chi connectivity index (χ0n) is 21.8. The van der Waals surface area contributed by atoms with Gasteiger partial charge >= 0.3 is 0 Å². The van der Waals surface area contributed by atoms with E-state index in [4.69, 9.17) is 25.8 Å². The van der Waals surface area contributed by atoms with Gasteiger partial charge in [-0.05, 0) is 58.3 Å². The minimum absolute atomic E-state index is 0.370. The molecule has 1 amide bonds. The van der Waals surface area contributed by atoms with Crippen molar-refractivity contribution in [1.82, 2.24) is 5.43 Å². The van der Waals surface area contributed by atoms with Gasteiger partial charge in [0.15, 0.2) is 11.5 Å². The molecule has 0 spiro atoms. The van der Waals surface area contributed by atoms with Crippen molar-refractivity contribution >= 4 is 34.5 Å². The van der Waals surface area contributed by atoms with E-state index in [0.717, 1.165) is 21.9 Å². The number of ether oxygens (including phenoxy) is 3. The number of carbonyl (C=O) groups is 1. The van der Waals surface area contributed by atoms with Crippen molar-refractivity contribution in [3.05, 3.63) is 136 Å². The first kappa shape index (κ1) is 26.8. The summed E-state index contributed by atoms with van der Waals surface area (Å²) in [6.07, 6.45) is 1.51. The topological polar surface area (TPSA) is 69.2 Å². The highest BCUT2D eigenvalue weighted by Gasteiger charge is 2.12. The van der Waals surface area contributed by atoms with Gasteiger partial charge in [-0.25, -0.2) is 5.43 Å². The van der Waals surface area contributed by atoms with Gasteiger partial charge in [0, 0.05) is 16.1 Å². The molecule has 7 heteroatoms. The quantitative estimate of drug-likeness (QED) is 0.145. The Kier molecular flexibility index (Phi) is 8.59. The van der Waals surface area contributed by atoms with Crippen molar-refractivity contribution in [2.24, 2.45) is 5.10 Å². The van der Waals surface area contributed by atoms with Gasteiger partial charge in [-0.3, -0.25) is 4.79 Å². The average molecular weight is 551 g/mol. The molecule has 0 radical (unpaired) electrons. The standard InChI is InChI=1S/C33H27ClN2O4/c1-38-32-19-25(14-16-31(32)39-21-23-8-3-2-4-9-23)33(37)36-35-20-27-18-28(34)15-17-30(27)40-22-26-12-7-11-24-10-5-6-13-29(24)26/h2-20H,21-22H2,1H3,(H,36,37)/b35-20+. The summed E-state index contributed by atoms with van der Waals surface area (Å²) < 4.78 is 17.5. The van der Waals surface area contributed by atoms with Gasteiger partial charge in [-0.1, -0.05) is 84.4 Å². The van der Waals surface area contributed by atoms with E-state index >= 15 is 0 Å². The number of hydrogen-bond donors (Lipinski definition) is 1. The fraction of sp³-hybridized carbons (Fsp3) is 0.0909. The monoisotopic (exact) mass is 550 g/mol. The van der Waals surface area contributed by atoms with Crippen LogP contribution in [0, 0.1) is 0 Å². The SMILES string of the molecule is COc1cc(C(=O)N/N=C/c2cc(Cl)ccc2OCc2cccc3ccccc23)ccc1OCc1ccccc1. The molecule has 40 heavy (non-hydrogen) atoms. The maximum absolute atomic E-state index is 12.8. The molecule has 0 aliphatic rings. The van der Waals surface area contributed by atoms with E-state index < -0.39 is 5.91 Å². The number of nitrogens with one attached hydrogen (secondary N) is 1. The van der Waals surface area contributed by atoms with E-state index in [9.17, 15) is 4.79 Å². The molecular weight excluding hydrogens is 524 g/mol. The number of fused-ring (bicyclic) bond motifs is 1. The predicted molar refractivity (Wildman–Crippen MR) is 159 cm³/mol. The van der Waals surface area contributed by atoms with Gasteiger partial charge in [0.05, 0.1) is 13.3 Å². The molecule has 1 N–H and O–H groups in total. The Morgan fingerprint density at radius 2 is 1.55 bits per heavy atom. The summed E-state index contributed by atoms with van der Waals surface area (Å²) in [7, 11) is 1.53. The van der Waals surface area contributed by atoms with Crippen LogP contribution in [-0.4, -0.2) is 19.2 Å². The summed E-state index contributed by atoms with van der Waals surface area (Å²) in [5.74, 6) is 1.19. The Morgan fingerprint density at radius 3 is 2.40 bits per heavy atom. The minimum atomic E-state index is -0.399. The third-order valence-corrected chi connectivity index (χ3v) is 6.50. The third-order valence-electron chi connectivity index (χ3n) is 6.27. The summed E-state index contributed by atoms with van der Waals surface area (Å²) in [6.45, 7) is 0.756. The van der Waals surface area contributed by atoms with Gasteiger partial charge in [0.2, 0.25) is 0 Å². The van der Waals surface area contributed by atoms with Crippen molar-refractivity contribution in [3.63, 3.8) is 0 Å². The van der Waals surface area contributed by atoms with Gasteiger partial charge in [-0.2, -0.15) is 5.10 Å². The molecule has 5 aromatic rings.